The molecule has 7 heteroatoms. The lowest BCUT2D eigenvalue weighted by Gasteiger charge is -2.10. The maximum absolute atomic E-state index is 10.9. The van der Waals surface area contributed by atoms with Crippen LogP contribution < -0.4 is 5.32 Å². The molecule has 0 bridgehead atoms. The van der Waals surface area contributed by atoms with E-state index < -0.39 is 4.92 Å². The molecule has 0 aliphatic carbocycles. The van der Waals surface area contributed by atoms with E-state index in [1.807, 2.05) is 6.26 Å². The van der Waals surface area contributed by atoms with E-state index in [4.69, 9.17) is 0 Å². The summed E-state index contributed by atoms with van der Waals surface area (Å²) in [6.45, 7) is 4.38. The fourth-order valence-corrected chi connectivity index (χ4v) is 1.64. The molecule has 1 N–H and O–H groups in total. The van der Waals surface area contributed by atoms with Crippen molar-refractivity contribution >= 4 is 23.3 Å². The minimum Gasteiger partial charge on any atom is -0.363 e. The van der Waals surface area contributed by atoms with Gasteiger partial charge < -0.3 is 5.32 Å². The molecule has 6 nitrogen and oxygen atoms in total. The minimum absolute atomic E-state index is 0.0656. The molecule has 90 valence electrons. The van der Waals surface area contributed by atoms with Crippen molar-refractivity contribution in [2.75, 3.05) is 18.1 Å². The topological polar surface area (TPSA) is 73.0 Å². The molecule has 0 saturated heterocycles. The highest BCUT2D eigenvalue weighted by Gasteiger charge is 2.23. The van der Waals surface area contributed by atoms with E-state index in [-0.39, 0.29) is 5.69 Å². The van der Waals surface area contributed by atoms with Crippen LogP contribution in [0.25, 0.3) is 0 Å². The van der Waals surface area contributed by atoms with Crippen molar-refractivity contribution in [2.24, 2.45) is 7.05 Å². The SMILES string of the molecule is CSC(C)CNc1c([N+](=O)[O-])c(C)nn1C. The lowest BCUT2D eigenvalue weighted by molar-refractivity contribution is -0.384. The highest BCUT2D eigenvalue weighted by molar-refractivity contribution is 7.99. The summed E-state index contributed by atoms with van der Waals surface area (Å²) in [5, 5.41) is 18.4. The highest BCUT2D eigenvalue weighted by atomic mass is 32.2. The van der Waals surface area contributed by atoms with E-state index in [2.05, 4.69) is 17.3 Å². The van der Waals surface area contributed by atoms with Gasteiger partial charge in [0.15, 0.2) is 0 Å². The number of aromatic nitrogens is 2. The molecule has 1 rings (SSSR count). The molecule has 1 aromatic rings. The first-order valence-electron chi connectivity index (χ1n) is 4.92. The summed E-state index contributed by atoms with van der Waals surface area (Å²) in [4.78, 5) is 10.5. The Labute approximate surface area is 98.6 Å². The number of nitrogens with zero attached hydrogens (tertiary/aromatic N) is 3. The Bertz CT molecular complexity index is 391. The average Bonchev–Trinajstić information content (AvgIpc) is 2.49. The molecular formula is C9H16N4O2S. The summed E-state index contributed by atoms with van der Waals surface area (Å²) in [5.74, 6) is 0.475. The number of aryl methyl sites for hydroxylation is 2. The van der Waals surface area contributed by atoms with Crippen molar-refractivity contribution in [3.63, 3.8) is 0 Å². The summed E-state index contributed by atoms with van der Waals surface area (Å²) < 4.78 is 1.51. The molecule has 0 spiro atoms. The third-order valence-electron chi connectivity index (χ3n) is 2.33. The van der Waals surface area contributed by atoms with Crippen LogP contribution in [0, 0.1) is 17.0 Å². The van der Waals surface area contributed by atoms with E-state index >= 15 is 0 Å². The molecule has 1 unspecified atom stereocenters. The van der Waals surface area contributed by atoms with Gasteiger partial charge in [0, 0.05) is 18.8 Å². The van der Waals surface area contributed by atoms with E-state index in [1.54, 1.807) is 25.7 Å². The lowest BCUT2D eigenvalue weighted by atomic mass is 10.3. The highest BCUT2D eigenvalue weighted by Crippen LogP contribution is 2.27. The van der Waals surface area contributed by atoms with Gasteiger partial charge in [0.25, 0.3) is 0 Å². The number of nitrogens with one attached hydrogen (secondary N) is 1. The van der Waals surface area contributed by atoms with Crippen molar-refractivity contribution < 1.29 is 4.92 Å². The second-order valence-corrected chi connectivity index (χ2v) is 4.87. The Morgan fingerprint density at radius 2 is 2.31 bits per heavy atom. The van der Waals surface area contributed by atoms with Gasteiger partial charge in [0.05, 0.1) is 4.92 Å². The predicted molar refractivity (Wildman–Crippen MR) is 66.1 cm³/mol. The first-order valence-corrected chi connectivity index (χ1v) is 6.20. The van der Waals surface area contributed by atoms with Crippen molar-refractivity contribution in [2.45, 2.75) is 19.1 Å². The number of thioether (sulfide) groups is 1. The summed E-state index contributed by atoms with van der Waals surface area (Å²) in [6, 6.07) is 0. The third kappa shape index (κ3) is 2.66. The Kier molecular flexibility index (Phi) is 4.17. The zero-order valence-electron chi connectivity index (χ0n) is 9.85. The third-order valence-corrected chi connectivity index (χ3v) is 3.30. The van der Waals surface area contributed by atoms with Gasteiger partial charge in [-0.1, -0.05) is 6.92 Å². The summed E-state index contributed by atoms with van der Waals surface area (Å²) in [6.07, 6.45) is 2.01. The molecule has 0 amide bonds. The van der Waals surface area contributed by atoms with Crippen molar-refractivity contribution in [3.8, 4) is 0 Å². The number of rotatable bonds is 5. The first-order chi connectivity index (χ1) is 7.47. The van der Waals surface area contributed by atoms with Gasteiger partial charge in [0.1, 0.15) is 5.69 Å². The van der Waals surface area contributed by atoms with Crippen LogP contribution in [0.1, 0.15) is 12.6 Å². The fraction of sp³-hybridized carbons (Fsp3) is 0.667. The van der Waals surface area contributed by atoms with Crippen LogP contribution in [0.15, 0.2) is 0 Å². The minimum atomic E-state index is -0.394. The van der Waals surface area contributed by atoms with Crippen LogP contribution in [0.5, 0.6) is 0 Å². The van der Waals surface area contributed by atoms with Crippen LogP contribution in [-0.4, -0.2) is 32.8 Å². The van der Waals surface area contributed by atoms with Crippen LogP contribution in [0.3, 0.4) is 0 Å². The van der Waals surface area contributed by atoms with E-state index in [0.717, 1.165) is 0 Å². The van der Waals surface area contributed by atoms with E-state index in [1.165, 1.54) is 4.68 Å². The van der Waals surface area contributed by atoms with Gasteiger partial charge in [0.2, 0.25) is 5.82 Å². The van der Waals surface area contributed by atoms with Gasteiger partial charge in [-0.25, -0.2) is 4.68 Å². The molecule has 1 aromatic heterocycles. The molecular weight excluding hydrogens is 228 g/mol. The zero-order valence-corrected chi connectivity index (χ0v) is 10.7. The summed E-state index contributed by atoms with van der Waals surface area (Å²) in [7, 11) is 1.70. The molecule has 1 atom stereocenters. The van der Waals surface area contributed by atoms with Crippen LogP contribution in [-0.2, 0) is 7.05 Å². The molecule has 0 saturated carbocycles. The number of hydrogen-bond acceptors (Lipinski definition) is 5. The fourth-order valence-electron chi connectivity index (χ4n) is 1.39. The van der Waals surface area contributed by atoms with Crippen molar-refractivity contribution in [1.82, 2.24) is 9.78 Å². The maximum atomic E-state index is 10.9. The van der Waals surface area contributed by atoms with Crippen LogP contribution >= 0.6 is 11.8 Å². The van der Waals surface area contributed by atoms with Gasteiger partial charge in [-0.3, -0.25) is 10.1 Å². The quantitative estimate of drug-likeness (QED) is 0.631. The predicted octanol–water partition coefficient (Wildman–Crippen LogP) is 1.80. The number of nitro groups is 1. The van der Waals surface area contributed by atoms with Gasteiger partial charge >= 0.3 is 5.69 Å². The second-order valence-electron chi connectivity index (χ2n) is 3.59. The summed E-state index contributed by atoms with van der Waals surface area (Å²) in [5.41, 5.74) is 0.502. The molecule has 0 aliphatic rings. The van der Waals surface area contributed by atoms with E-state index in [9.17, 15) is 10.1 Å². The van der Waals surface area contributed by atoms with Crippen LogP contribution in [0.2, 0.25) is 0 Å². The average molecular weight is 244 g/mol. The van der Waals surface area contributed by atoms with Crippen molar-refractivity contribution in [3.05, 3.63) is 15.8 Å². The van der Waals surface area contributed by atoms with Gasteiger partial charge in [-0.05, 0) is 13.2 Å². The first kappa shape index (κ1) is 12.8. The molecule has 0 aliphatic heterocycles. The lowest BCUT2D eigenvalue weighted by Crippen LogP contribution is -2.15. The molecule has 1 heterocycles. The largest absolute Gasteiger partial charge is 0.363 e. The number of anilines is 1. The molecule has 0 fully saturated rings. The smallest absolute Gasteiger partial charge is 0.333 e. The molecule has 0 radical (unpaired) electrons. The summed E-state index contributed by atoms with van der Waals surface area (Å²) >= 11 is 1.71. The van der Waals surface area contributed by atoms with Crippen molar-refractivity contribution in [1.29, 1.82) is 0 Å². The van der Waals surface area contributed by atoms with E-state index in [0.29, 0.717) is 23.3 Å². The normalized spacial score (nSPS) is 12.5. The zero-order chi connectivity index (χ0) is 12.3. The Hall–Kier alpha value is -1.24. The second kappa shape index (κ2) is 5.20. The molecule has 16 heavy (non-hydrogen) atoms. The Morgan fingerprint density at radius 3 is 2.81 bits per heavy atom. The monoisotopic (exact) mass is 244 g/mol. The molecule has 0 aromatic carbocycles. The number of hydrogen-bond donors (Lipinski definition) is 1. The Morgan fingerprint density at radius 1 is 1.69 bits per heavy atom. The van der Waals surface area contributed by atoms with Gasteiger partial charge in [-0.15, -0.1) is 0 Å². The van der Waals surface area contributed by atoms with Gasteiger partial charge in [-0.2, -0.15) is 16.9 Å². The standard InChI is InChI=1S/C9H16N4O2S/c1-6(16-4)5-10-9-8(13(14)15)7(2)11-12(9)3/h6,10H,5H2,1-4H3. The maximum Gasteiger partial charge on any atom is 0.333 e. The Balaban J connectivity index is 2.90. The van der Waals surface area contributed by atoms with Crippen LogP contribution in [0.4, 0.5) is 11.5 Å².